The SMILES string of the molecule is c1ccc2c(c1)c1c(c3ccccc32)CN(c2ccnc3c2ccc2c(N4Cc5c(c6ccccc6c6ccccc56)C4)ccnc23)C1. The molecule has 4 heterocycles. The molecule has 0 N–H and O–H groups in total. The maximum absolute atomic E-state index is 4.97. The molecule has 0 bridgehead atoms. The molecule has 0 amide bonds. The normalized spacial score (nSPS) is 14.2. The van der Waals surface area contributed by atoms with E-state index in [4.69, 9.17) is 9.97 Å². The van der Waals surface area contributed by atoms with Gasteiger partial charge in [0.05, 0.1) is 11.0 Å². The highest BCUT2D eigenvalue weighted by Crippen LogP contribution is 2.44. The molecule has 2 aliphatic heterocycles. The van der Waals surface area contributed by atoms with Crippen molar-refractivity contribution in [3.05, 3.63) is 156 Å². The number of hydrogen-bond acceptors (Lipinski definition) is 4. The maximum atomic E-state index is 4.97. The second-order valence-electron chi connectivity index (χ2n) is 13.3. The van der Waals surface area contributed by atoms with Gasteiger partial charge in [-0.15, -0.1) is 0 Å². The van der Waals surface area contributed by atoms with Crippen LogP contribution in [0.2, 0.25) is 0 Å². The van der Waals surface area contributed by atoms with Crippen LogP contribution in [-0.2, 0) is 26.2 Å². The summed E-state index contributed by atoms with van der Waals surface area (Å²) in [6.07, 6.45) is 3.93. The first-order valence-electron chi connectivity index (χ1n) is 16.8. The fraction of sp³-hybridized carbons (Fsp3) is 0.0909. The summed E-state index contributed by atoms with van der Waals surface area (Å²) >= 11 is 0. The number of aromatic nitrogens is 2. The number of hydrogen-bond donors (Lipinski definition) is 0. The first kappa shape index (κ1) is 26.1. The van der Waals surface area contributed by atoms with Crippen LogP contribution in [-0.4, -0.2) is 9.97 Å². The summed E-state index contributed by atoms with van der Waals surface area (Å²) in [5.74, 6) is 0. The summed E-state index contributed by atoms with van der Waals surface area (Å²) in [4.78, 5) is 15.0. The summed E-state index contributed by atoms with van der Waals surface area (Å²) in [6, 6.07) is 44.4. The quantitative estimate of drug-likeness (QED) is 0.181. The van der Waals surface area contributed by atoms with Gasteiger partial charge in [0.2, 0.25) is 0 Å². The minimum Gasteiger partial charge on any atom is -0.362 e. The molecule has 226 valence electrons. The van der Waals surface area contributed by atoms with Crippen LogP contribution in [0.15, 0.2) is 134 Å². The van der Waals surface area contributed by atoms with Crippen molar-refractivity contribution in [3.8, 4) is 0 Å². The Hall–Kier alpha value is -6.00. The number of fused-ring (bicyclic) bond motifs is 15. The van der Waals surface area contributed by atoms with Crippen LogP contribution in [0.4, 0.5) is 11.4 Å². The minimum atomic E-state index is 0.874. The molecule has 2 aromatic heterocycles. The van der Waals surface area contributed by atoms with Crippen molar-refractivity contribution < 1.29 is 0 Å². The predicted molar refractivity (Wildman–Crippen MR) is 200 cm³/mol. The lowest BCUT2D eigenvalue weighted by Crippen LogP contribution is -2.16. The molecule has 4 nitrogen and oxygen atoms in total. The Bertz CT molecular complexity index is 2500. The zero-order chi connectivity index (χ0) is 31.3. The summed E-state index contributed by atoms with van der Waals surface area (Å²) in [6.45, 7) is 3.50. The van der Waals surface area contributed by atoms with Gasteiger partial charge < -0.3 is 9.80 Å². The molecular formula is C44H30N4. The molecule has 0 fully saturated rings. The molecule has 0 spiro atoms. The van der Waals surface area contributed by atoms with E-state index in [1.54, 1.807) is 0 Å². The van der Waals surface area contributed by atoms with E-state index in [-0.39, 0.29) is 0 Å². The molecule has 9 aromatic rings. The molecule has 0 aliphatic carbocycles. The fourth-order valence-electron chi connectivity index (χ4n) is 8.86. The number of anilines is 2. The molecule has 4 heteroatoms. The highest BCUT2D eigenvalue weighted by Gasteiger charge is 2.28. The van der Waals surface area contributed by atoms with E-state index in [1.165, 1.54) is 76.7 Å². The van der Waals surface area contributed by atoms with Crippen molar-refractivity contribution in [1.29, 1.82) is 0 Å². The molecule has 11 rings (SSSR count). The van der Waals surface area contributed by atoms with Crippen LogP contribution in [0.3, 0.4) is 0 Å². The van der Waals surface area contributed by atoms with Gasteiger partial charge in [-0.25, -0.2) is 0 Å². The van der Waals surface area contributed by atoms with Crippen LogP contribution >= 0.6 is 0 Å². The summed E-state index contributed by atoms with van der Waals surface area (Å²) in [5, 5.41) is 13.1. The zero-order valence-electron chi connectivity index (χ0n) is 26.3. The van der Waals surface area contributed by atoms with Crippen LogP contribution in [0.5, 0.6) is 0 Å². The van der Waals surface area contributed by atoms with Crippen LogP contribution in [0.25, 0.3) is 64.9 Å². The Morgan fingerprint density at radius 3 is 0.917 bits per heavy atom. The summed E-state index contributed by atoms with van der Waals surface area (Å²) in [7, 11) is 0. The van der Waals surface area contributed by atoms with Gasteiger partial charge in [0.1, 0.15) is 0 Å². The molecular weight excluding hydrogens is 585 g/mol. The van der Waals surface area contributed by atoms with Crippen molar-refractivity contribution >= 4 is 76.3 Å². The highest BCUT2D eigenvalue weighted by atomic mass is 15.2. The van der Waals surface area contributed by atoms with Gasteiger partial charge in [-0.05, 0) is 89.6 Å². The molecule has 0 atom stereocenters. The average molecular weight is 615 g/mol. The van der Waals surface area contributed by atoms with Crippen molar-refractivity contribution in [2.75, 3.05) is 9.80 Å². The zero-order valence-corrected chi connectivity index (χ0v) is 26.3. The Morgan fingerprint density at radius 1 is 0.312 bits per heavy atom. The molecule has 0 radical (unpaired) electrons. The van der Waals surface area contributed by atoms with E-state index in [9.17, 15) is 0 Å². The standard InChI is InChI=1S/C44H30N4/c1-5-13-31-27(9-1)28-10-2-6-14-32(28)38-24-47(23-37(31)38)41-19-21-45-43-35(41)17-18-36-42(20-22-46-44(36)43)48-25-39-33-15-7-3-11-29(33)30-12-4-8-16-34(30)40(39)26-48/h1-22H,23-26H2. The summed E-state index contributed by atoms with van der Waals surface area (Å²) < 4.78 is 0. The van der Waals surface area contributed by atoms with Gasteiger partial charge in [-0.1, -0.05) is 97.1 Å². The lowest BCUT2D eigenvalue weighted by atomic mass is 9.93. The topological polar surface area (TPSA) is 32.3 Å². The van der Waals surface area contributed by atoms with Crippen LogP contribution in [0, 0.1) is 0 Å². The molecule has 0 saturated heterocycles. The molecule has 0 unspecified atom stereocenters. The molecule has 7 aromatic carbocycles. The largest absolute Gasteiger partial charge is 0.362 e. The highest BCUT2D eigenvalue weighted by molar-refractivity contribution is 6.14. The second kappa shape index (κ2) is 9.76. The van der Waals surface area contributed by atoms with Gasteiger partial charge in [0.15, 0.2) is 0 Å². The Labute approximate surface area is 277 Å². The van der Waals surface area contributed by atoms with Gasteiger partial charge in [-0.2, -0.15) is 0 Å². The van der Waals surface area contributed by atoms with E-state index in [1.807, 2.05) is 12.4 Å². The maximum Gasteiger partial charge on any atom is 0.0986 e. The monoisotopic (exact) mass is 614 g/mol. The van der Waals surface area contributed by atoms with E-state index >= 15 is 0 Å². The third-order valence-corrected chi connectivity index (χ3v) is 11.0. The Balaban J connectivity index is 1.03. The Kier molecular flexibility index (Phi) is 5.31. The van der Waals surface area contributed by atoms with E-state index in [0.717, 1.165) is 48.0 Å². The first-order valence-corrected chi connectivity index (χ1v) is 16.8. The van der Waals surface area contributed by atoms with Crippen molar-refractivity contribution in [2.24, 2.45) is 0 Å². The number of pyridine rings is 2. The van der Waals surface area contributed by atoms with Crippen molar-refractivity contribution in [2.45, 2.75) is 26.2 Å². The van der Waals surface area contributed by atoms with Gasteiger partial charge in [0.25, 0.3) is 0 Å². The molecule has 48 heavy (non-hydrogen) atoms. The fourth-order valence-corrected chi connectivity index (χ4v) is 8.86. The van der Waals surface area contributed by atoms with E-state index in [0.29, 0.717) is 0 Å². The third kappa shape index (κ3) is 3.55. The number of rotatable bonds is 2. The minimum absolute atomic E-state index is 0.874. The number of nitrogens with zero attached hydrogens (tertiary/aromatic N) is 4. The molecule has 2 aliphatic rings. The lowest BCUT2D eigenvalue weighted by molar-refractivity contribution is 0.886. The van der Waals surface area contributed by atoms with Crippen LogP contribution < -0.4 is 9.80 Å². The summed E-state index contributed by atoms with van der Waals surface area (Å²) in [5.41, 5.74) is 10.1. The van der Waals surface area contributed by atoms with Gasteiger partial charge in [-0.3, -0.25) is 9.97 Å². The Morgan fingerprint density at radius 2 is 0.604 bits per heavy atom. The molecule has 0 saturated carbocycles. The number of benzene rings is 7. The van der Waals surface area contributed by atoms with Gasteiger partial charge in [0, 0.05) is 60.7 Å². The third-order valence-electron chi connectivity index (χ3n) is 11.0. The average Bonchev–Trinajstić information content (AvgIpc) is 3.81. The van der Waals surface area contributed by atoms with E-state index < -0.39 is 0 Å². The smallest absolute Gasteiger partial charge is 0.0986 e. The van der Waals surface area contributed by atoms with E-state index in [2.05, 4.69) is 131 Å². The second-order valence-corrected chi connectivity index (χ2v) is 13.3. The van der Waals surface area contributed by atoms with Crippen LogP contribution in [0.1, 0.15) is 22.3 Å². The van der Waals surface area contributed by atoms with Gasteiger partial charge >= 0.3 is 0 Å². The van der Waals surface area contributed by atoms with Crippen molar-refractivity contribution in [1.82, 2.24) is 9.97 Å². The first-order chi connectivity index (χ1) is 23.8. The van der Waals surface area contributed by atoms with Crippen molar-refractivity contribution in [3.63, 3.8) is 0 Å². The predicted octanol–water partition coefficient (Wildman–Crippen LogP) is 10.4. The lowest BCUT2D eigenvalue weighted by Gasteiger charge is -2.22.